The number of amides is 2. The molecule has 0 bridgehead atoms. The maximum atomic E-state index is 13.2. The SMILES string of the molecule is CCOc1cc2c(cc1OCC)C(CC(=O)OC)N(C(=O)Nc1ccccc1Br)CC2. The number of rotatable bonds is 7. The lowest BCUT2D eigenvalue weighted by atomic mass is 9.90. The van der Waals surface area contributed by atoms with Gasteiger partial charge in [-0.2, -0.15) is 0 Å². The fourth-order valence-corrected chi connectivity index (χ4v) is 4.08. The van der Waals surface area contributed by atoms with Gasteiger partial charge in [-0.15, -0.1) is 0 Å². The van der Waals surface area contributed by atoms with Gasteiger partial charge in [-0.1, -0.05) is 12.1 Å². The van der Waals surface area contributed by atoms with E-state index in [1.165, 1.54) is 7.11 Å². The van der Waals surface area contributed by atoms with Crippen molar-refractivity contribution in [3.8, 4) is 11.5 Å². The first-order chi connectivity index (χ1) is 15.0. The number of hydrogen-bond acceptors (Lipinski definition) is 5. The fourth-order valence-electron chi connectivity index (χ4n) is 3.70. The second-order valence-electron chi connectivity index (χ2n) is 7.01. The summed E-state index contributed by atoms with van der Waals surface area (Å²) in [5.41, 5.74) is 2.56. The first kappa shape index (κ1) is 22.9. The molecule has 166 valence electrons. The minimum atomic E-state index is -0.478. The Morgan fingerprint density at radius 3 is 2.45 bits per heavy atom. The lowest BCUT2D eigenvalue weighted by Crippen LogP contribution is -2.43. The quantitative estimate of drug-likeness (QED) is 0.556. The van der Waals surface area contributed by atoms with Crippen LogP contribution in [0.4, 0.5) is 10.5 Å². The number of methoxy groups -OCH3 is 1. The molecule has 7 nitrogen and oxygen atoms in total. The van der Waals surface area contributed by atoms with Gasteiger partial charge in [0.15, 0.2) is 11.5 Å². The molecule has 2 aromatic rings. The molecule has 1 unspecified atom stereocenters. The van der Waals surface area contributed by atoms with Gasteiger partial charge in [0, 0.05) is 11.0 Å². The smallest absolute Gasteiger partial charge is 0.322 e. The van der Waals surface area contributed by atoms with Crippen LogP contribution in [0.15, 0.2) is 40.9 Å². The van der Waals surface area contributed by atoms with Crippen LogP contribution in [0.25, 0.3) is 0 Å². The van der Waals surface area contributed by atoms with Crippen LogP contribution in [0, 0.1) is 0 Å². The number of nitrogens with one attached hydrogen (secondary N) is 1. The summed E-state index contributed by atoms with van der Waals surface area (Å²) in [6.07, 6.45) is 0.690. The van der Waals surface area contributed by atoms with Crippen molar-refractivity contribution >= 4 is 33.6 Å². The predicted molar refractivity (Wildman–Crippen MR) is 122 cm³/mol. The minimum absolute atomic E-state index is 0.0480. The number of anilines is 1. The number of para-hydroxylation sites is 1. The normalized spacial score (nSPS) is 15.1. The van der Waals surface area contributed by atoms with Gasteiger partial charge in [0.2, 0.25) is 0 Å². The van der Waals surface area contributed by atoms with E-state index in [1.807, 2.05) is 50.2 Å². The Bertz CT molecular complexity index is 950. The summed E-state index contributed by atoms with van der Waals surface area (Å²) in [7, 11) is 1.35. The summed E-state index contributed by atoms with van der Waals surface area (Å²) in [6, 6.07) is 10.5. The summed E-state index contributed by atoms with van der Waals surface area (Å²) >= 11 is 3.45. The molecule has 0 spiro atoms. The average Bonchev–Trinajstić information content (AvgIpc) is 2.76. The summed E-state index contributed by atoms with van der Waals surface area (Å²) in [5, 5.41) is 2.94. The number of halogens is 1. The lowest BCUT2D eigenvalue weighted by molar-refractivity contribution is -0.141. The number of nitrogens with zero attached hydrogens (tertiary/aromatic N) is 1. The molecule has 2 amide bonds. The Labute approximate surface area is 190 Å². The highest BCUT2D eigenvalue weighted by Gasteiger charge is 2.34. The van der Waals surface area contributed by atoms with Crippen LogP contribution in [0.5, 0.6) is 11.5 Å². The molecule has 1 aliphatic rings. The number of esters is 1. The molecular weight excluding hydrogens is 464 g/mol. The zero-order valence-corrected chi connectivity index (χ0v) is 19.5. The molecule has 2 aromatic carbocycles. The molecule has 31 heavy (non-hydrogen) atoms. The maximum Gasteiger partial charge on any atom is 0.322 e. The van der Waals surface area contributed by atoms with Crippen molar-refractivity contribution < 1.29 is 23.8 Å². The highest BCUT2D eigenvalue weighted by Crippen LogP contribution is 2.40. The standard InChI is InChI=1S/C23H27BrN2O5/c1-4-30-20-12-15-10-11-26(23(28)25-18-9-7-6-8-17(18)24)19(14-22(27)29-3)16(15)13-21(20)31-5-2/h6-9,12-13,19H,4-5,10-11,14H2,1-3H3,(H,25,28). The van der Waals surface area contributed by atoms with Crippen LogP contribution in [-0.2, 0) is 16.0 Å². The van der Waals surface area contributed by atoms with E-state index in [4.69, 9.17) is 14.2 Å². The van der Waals surface area contributed by atoms with Crippen LogP contribution in [0.3, 0.4) is 0 Å². The van der Waals surface area contributed by atoms with E-state index < -0.39 is 6.04 Å². The van der Waals surface area contributed by atoms with Gasteiger partial charge in [0.05, 0.1) is 38.5 Å². The van der Waals surface area contributed by atoms with Gasteiger partial charge in [-0.25, -0.2) is 4.79 Å². The van der Waals surface area contributed by atoms with Crippen molar-refractivity contribution in [3.63, 3.8) is 0 Å². The van der Waals surface area contributed by atoms with Gasteiger partial charge in [0.25, 0.3) is 0 Å². The Hall–Kier alpha value is -2.74. The third-order valence-electron chi connectivity index (χ3n) is 5.13. The van der Waals surface area contributed by atoms with Crippen molar-refractivity contribution in [2.45, 2.75) is 32.7 Å². The number of ether oxygens (including phenoxy) is 3. The largest absolute Gasteiger partial charge is 0.490 e. The number of carbonyl (C=O) groups is 2. The molecule has 1 atom stereocenters. The molecule has 0 saturated carbocycles. The molecule has 0 saturated heterocycles. The summed E-state index contributed by atoms with van der Waals surface area (Å²) in [4.78, 5) is 27.1. The van der Waals surface area contributed by atoms with E-state index in [0.29, 0.717) is 43.4 Å². The Balaban J connectivity index is 1.97. The van der Waals surface area contributed by atoms with Gasteiger partial charge >= 0.3 is 12.0 Å². The predicted octanol–water partition coefficient (Wildman–Crippen LogP) is 4.94. The first-order valence-electron chi connectivity index (χ1n) is 10.3. The van der Waals surface area contributed by atoms with E-state index in [1.54, 1.807) is 4.90 Å². The molecule has 1 heterocycles. The van der Waals surface area contributed by atoms with Gasteiger partial charge < -0.3 is 24.4 Å². The summed E-state index contributed by atoms with van der Waals surface area (Å²) in [5.74, 6) is 0.889. The van der Waals surface area contributed by atoms with E-state index >= 15 is 0 Å². The van der Waals surface area contributed by atoms with Crippen LogP contribution in [0.2, 0.25) is 0 Å². The summed E-state index contributed by atoms with van der Waals surface area (Å²) < 4.78 is 17.2. The zero-order chi connectivity index (χ0) is 22.4. The molecule has 0 aliphatic carbocycles. The second-order valence-corrected chi connectivity index (χ2v) is 7.87. The van der Waals surface area contributed by atoms with Crippen molar-refractivity contribution in [2.24, 2.45) is 0 Å². The van der Waals surface area contributed by atoms with Crippen LogP contribution < -0.4 is 14.8 Å². The average molecular weight is 491 g/mol. The van der Waals surface area contributed by atoms with Gasteiger partial charge in [-0.3, -0.25) is 4.79 Å². The van der Waals surface area contributed by atoms with E-state index in [-0.39, 0.29) is 18.4 Å². The topological polar surface area (TPSA) is 77.1 Å². The molecule has 0 radical (unpaired) electrons. The Kier molecular flexibility index (Phi) is 7.79. The highest BCUT2D eigenvalue weighted by atomic mass is 79.9. The van der Waals surface area contributed by atoms with E-state index in [9.17, 15) is 9.59 Å². The van der Waals surface area contributed by atoms with Crippen LogP contribution in [0.1, 0.15) is 37.4 Å². The third-order valence-corrected chi connectivity index (χ3v) is 5.82. The molecule has 1 aliphatic heterocycles. The van der Waals surface area contributed by atoms with E-state index in [2.05, 4.69) is 21.2 Å². The van der Waals surface area contributed by atoms with Crippen LogP contribution >= 0.6 is 15.9 Å². The molecule has 0 fully saturated rings. The van der Waals surface area contributed by atoms with Crippen molar-refractivity contribution in [3.05, 3.63) is 52.0 Å². The minimum Gasteiger partial charge on any atom is -0.490 e. The highest BCUT2D eigenvalue weighted by molar-refractivity contribution is 9.10. The van der Waals surface area contributed by atoms with Gasteiger partial charge in [-0.05, 0) is 71.6 Å². The lowest BCUT2D eigenvalue weighted by Gasteiger charge is -2.37. The second kappa shape index (κ2) is 10.5. The maximum absolute atomic E-state index is 13.2. The van der Waals surface area contributed by atoms with E-state index in [0.717, 1.165) is 15.6 Å². The van der Waals surface area contributed by atoms with Crippen molar-refractivity contribution in [1.29, 1.82) is 0 Å². The first-order valence-corrected chi connectivity index (χ1v) is 11.1. The molecule has 3 rings (SSSR count). The number of carbonyl (C=O) groups excluding carboxylic acids is 2. The Morgan fingerprint density at radius 2 is 1.81 bits per heavy atom. The Morgan fingerprint density at radius 1 is 1.13 bits per heavy atom. The van der Waals surface area contributed by atoms with Gasteiger partial charge in [0.1, 0.15) is 0 Å². The number of fused-ring (bicyclic) bond motifs is 1. The molecule has 0 aromatic heterocycles. The fraction of sp³-hybridized carbons (Fsp3) is 0.391. The van der Waals surface area contributed by atoms with Crippen LogP contribution in [-0.4, -0.2) is 43.8 Å². The monoisotopic (exact) mass is 490 g/mol. The third kappa shape index (κ3) is 5.31. The van der Waals surface area contributed by atoms with Crippen molar-refractivity contribution in [1.82, 2.24) is 4.90 Å². The van der Waals surface area contributed by atoms with Crippen molar-refractivity contribution in [2.75, 3.05) is 32.2 Å². The summed E-state index contributed by atoms with van der Waals surface area (Å²) in [6.45, 7) is 5.28. The molecule has 1 N–H and O–H groups in total. The number of hydrogen-bond donors (Lipinski definition) is 1. The number of benzene rings is 2. The molecular formula is C23H27BrN2O5. The zero-order valence-electron chi connectivity index (χ0n) is 17.9. The number of urea groups is 1. The molecule has 8 heteroatoms.